The van der Waals surface area contributed by atoms with Crippen LogP contribution in [0.15, 0.2) is 0 Å². The number of esters is 1. The monoisotopic (exact) mass is 404 g/mol. The lowest BCUT2D eigenvalue weighted by Crippen LogP contribution is -2.44. The number of piperidine rings is 1. The fourth-order valence-electron chi connectivity index (χ4n) is 3.42. The van der Waals surface area contributed by atoms with Crippen LogP contribution in [0.4, 0.5) is 0 Å². The van der Waals surface area contributed by atoms with Gasteiger partial charge in [0, 0.05) is 13.1 Å². The molecule has 0 aromatic heterocycles. The lowest BCUT2D eigenvalue weighted by atomic mass is 9.90. The van der Waals surface area contributed by atoms with Gasteiger partial charge in [0.05, 0.1) is 5.41 Å². The van der Waals surface area contributed by atoms with E-state index in [1.807, 2.05) is 0 Å². The Morgan fingerprint density at radius 1 is 1.22 bits per heavy atom. The van der Waals surface area contributed by atoms with Gasteiger partial charge in [0.25, 0.3) is 13.4 Å². The predicted molar refractivity (Wildman–Crippen MR) is 100 cm³/mol. The number of rotatable bonds is 7. The number of hydrogen-bond donors (Lipinski definition) is 2. The molecule has 2 unspecified atom stereocenters. The van der Waals surface area contributed by atoms with E-state index in [1.54, 1.807) is 20.8 Å². The second-order valence-corrected chi connectivity index (χ2v) is 10.9. The maximum absolute atomic E-state index is 13.5. The fraction of sp³-hybridized carbons (Fsp3) is 0.889. The molecule has 2 rings (SSSR count). The van der Waals surface area contributed by atoms with E-state index in [2.05, 4.69) is 5.09 Å². The van der Waals surface area contributed by atoms with Gasteiger partial charge in [0.1, 0.15) is 5.66 Å². The number of carbonyl (C=O) groups is 2. The Balaban J connectivity index is 2.03. The number of amides is 1. The van der Waals surface area contributed by atoms with E-state index < -0.39 is 37.3 Å². The van der Waals surface area contributed by atoms with Crippen LogP contribution >= 0.6 is 7.52 Å². The fourth-order valence-corrected chi connectivity index (χ4v) is 5.58. The summed E-state index contributed by atoms with van der Waals surface area (Å²) in [7, 11) is -3.64. The molecule has 1 aliphatic carbocycles. The zero-order valence-corrected chi connectivity index (χ0v) is 17.5. The Bertz CT molecular complexity index is 571. The molecule has 2 aliphatic rings. The Morgan fingerprint density at radius 2 is 1.89 bits per heavy atom. The van der Waals surface area contributed by atoms with Gasteiger partial charge in [0.15, 0.2) is 6.79 Å². The molecule has 0 aromatic carbocycles. The highest BCUT2D eigenvalue weighted by Gasteiger charge is 2.44. The Labute approximate surface area is 161 Å². The third-order valence-corrected chi connectivity index (χ3v) is 7.58. The predicted octanol–water partition coefficient (Wildman–Crippen LogP) is 3.29. The SMILES string of the molecule is CC(C)(C)C(=O)OCOP(=O)(NCC1CCCCC1)C1CCCN(O)C1=O. The Kier molecular flexibility index (Phi) is 7.86. The first-order valence-electron chi connectivity index (χ1n) is 9.80. The van der Waals surface area contributed by atoms with Crippen LogP contribution in [0.5, 0.6) is 0 Å². The molecule has 2 N–H and O–H groups in total. The molecule has 156 valence electrons. The molecule has 2 atom stereocenters. The van der Waals surface area contributed by atoms with Gasteiger partial charge in [-0.25, -0.2) is 10.2 Å². The smallest absolute Gasteiger partial charge is 0.313 e. The number of nitrogens with zero attached hydrogens (tertiary/aromatic N) is 1. The van der Waals surface area contributed by atoms with E-state index in [1.165, 1.54) is 6.42 Å². The summed E-state index contributed by atoms with van der Waals surface area (Å²) in [6, 6.07) is 0. The van der Waals surface area contributed by atoms with Crippen LogP contribution in [-0.4, -0.2) is 47.7 Å². The summed E-state index contributed by atoms with van der Waals surface area (Å²) < 4.78 is 24.1. The second-order valence-electron chi connectivity index (χ2n) is 8.51. The van der Waals surface area contributed by atoms with Crippen LogP contribution in [0.3, 0.4) is 0 Å². The molecular formula is C18H33N2O6P. The van der Waals surface area contributed by atoms with E-state index >= 15 is 0 Å². The molecule has 1 saturated carbocycles. The van der Waals surface area contributed by atoms with Crippen molar-refractivity contribution in [1.82, 2.24) is 10.2 Å². The highest BCUT2D eigenvalue weighted by Crippen LogP contribution is 2.51. The zero-order valence-electron chi connectivity index (χ0n) is 16.6. The molecule has 8 nitrogen and oxygen atoms in total. The third kappa shape index (κ3) is 6.28. The van der Waals surface area contributed by atoms with Crippen molar-refractivity contribution in [3.8, 4) is 0 Å². The van der Waals surface area contributed by atoms with Crippen molar-refractivity contribution in [1.29, 1.82) is 0 Å². The third-order valence-electron chi connectivity index (χ3n) is 5.17. The van der Waals surface area contributed by atoms with E-state index in [-0.39, 0.29) is 6.54 Å². The van der Waals surface area contributed by atoms with Crippen molar-refractivity contribution in [2.75, 3.05) is 19.9 Å². The van der Waals surface area contributed by atoms with Crippen molar-refractivity contribution in [3.63, 3.8) is 0 Å². The molecule has 0 spiro atoms. The van der Waals surface area contributed by atoms with Crippen molar-refractivity contribution in [3.05, 3.63) is 0 Å². The second kappa shape index (κ2) is 9.50. The molecule has 1 aliphatic heterocycles. The molecule has 1 saturated heterocycles. The number of hydroxylamine groups is 2. The number of nitrogens with one attached hydrogen (secondary N) is 1. The topological polar surface area (TPSA) is 105 Å². The van der Waals surface area contributed by atoms with E-state index in [9.17, 15) is 19.4 Å². The summed E-state index contributed by atoms with van der Waals surface area (Å²) in [6.45, 7) is 5.36. The standard InChI is InChI=1S/C18H33N2O6P/c1-18(2,3)17(22)25-13-26-27(24,15-10-7-11-20(23)16(15)21)19-12-14-8-5-4-6-9-14/h14-15,23H,4-13H2,1-3H3,(H,19,24). The first-order chi connectivity index (χ1) is 12.6. The van der Waals surface area contributed by atoms with Crippen molar-refractivity contribution in [2.45, 2.75) is 71.4 Å². The van der Waals surface area contributed by atoms with Crippen molar-refractivity contribution < 1.29 is 28.6 Å². The lowest BCUT2D eigenvalue weighted by Gasteiger charge is -2.34. The largest absolute Gasteiger partial charge is 0.438 e. The van der Waals surface area contributed by atoms with Gasteiger partial charge in [-0.1, -0.05) is 19.3 Å². The molecule has 0 aromatic rings. The number of hydrogen-bond acceptors (Lipinski definition) is 6. The average molecular weight is 404 g/mol. The van der Waals surface area contributed by atoms with E-state index in [4.69, 9.17) is 9.26 Å². The van der Waals surface area contributed by atoms with Crippen LogP contribution in [0.1, 0.15) is 65.7 Å². The highest BCUT2D eigenvalue weighted by molar-refractivity contribution is 7.58. The first-order valence-corrected chi connectivity index (χ1v) is 11.5. The van der Waals surface area contributed by atoms with Gasteiger partial charge in [0.2, 0.25) is 0 Å². The molecule has 27 heavy (non-hydrogen) atoms. The molecule has 1 heterocycles. The van der Waals surface area contributed by atoms with Gasteiger partial charge in [-0.2, -0.15) is 0 Å². The summed E-state index contributed by atoms with van der Waals surface area (Å²) in [4.78, 5) is 24.3. The van der Waals surface area contributed by atoms with Crippen LogP contribution < -0.4 is 5.09 Å². The van der Waals surface area contributed by atoms with Crippen LogP contribution in [0, 0.1) is 11.3 Å². The van der Waals surface area contributed by atoms with Crippen LogP contribution in [0.25, 0.3) is 0 Å². The summed E-state index contributed by atoms with van der Waals surface area (Å²) in [5, 5.41) is 13.3. The zero-order chi connectivity index (χ0) is 20.1. The lowest BCUT2D eigenvalue weighted by molar-refractivity contribution is -0.169. The molecule has 0 bridgehead atoms. The maximum Gasteiger partial charge on any atom is 0.313 e. The summed E-state index contributed by atoms with van der Waals surface area (Å²) >= 11 is 0. The molecule has 1 amide bonds. The van der Waals surface area contributed by atoms with Gasteiger partial charge < -0.3 is 4.74 Å². The van der Waals surface area contributed by atoms with Gasteiger partial charge >= 0.3 is 5.97 Å². The number of ether oxygens (including phenoxy) is 1. The van der Waals surface area contributed by atoms with E-state index in [0.29, 0.717) is 30.4 Å². The molecule has 2 fully saturated rings. The van der Waals surface area contributed by atoms with Gasteiger partial charge in [-0.05, 0) is 52.4 Å². The normalized spacial score (nSPS) is 24.5. The molecular weight excluding hydrogens is 371 g/mol. The Morgan fingerprint density at radius 3 is 2.52 bits per heavy atom. The highest BCUT2D eigenvalue weighted by atomic mass is 31.2. The summed E-state index contributed by atoms with van der Waals surface area (Å²) in [5.74, 6) is -0.695. The summed E-state index contributed by atoms with van der Waals surface area (Å²) in [5.41, 5.74) is -1.67. The minimum atomic E-state index is -3.64. The van der Waals surface area contributed by atoms with Crippen molar-refractivity contribution >= 4 is 19.4 Å². The van der Waals surface area contributed by atoms with Gasteiger partial charge in [-0.15, -0.1) is 0 Å². The minimum Gasteiger partial charge on any atom is -0.438 e. The minimum absolute atomic E-state index is 0.219. The number of carbonyl (C=O) groups excluding carboxylic acids is 2. The first kappa shape index (κ1) is 22.3. The van der Waals surface area contributed by atoms with Crippen LogP contribution in [0.2, 0.25) is 0 Å². The average Bonchev–Trinajstić information content (AvgIpc) is 2.62. The van der Waals surface area contributed by atoms with Crippen molar-refractivity contribution in [2.24, 2.45) is 11.3 Å². The van der Waals surface area contributed by atoms with Gasteiger partial charge in [-0.3, -0.25) is 23.9 Å². The molecule has 0 radical (unpaired) electrons. The quantitative estimate of drug-likeness (QED) is 0.290. The van der Waals surface area contributed by atoms with E-state index in [0.717, 1.165) is 25.7 Å². The maximum atomic E-state index is 13.5. The molecule has 9 heteroatoms. The summed E-state index contributed by atoms with van der Waals surface area (Å²) in [6.07, 6.45) is 6.51. The Hall–Kier alpha value is -0.950. The van der Waals surface area contributed by atoms with Crippen LogP contribution in [-0.2, 0) is 23.4 Å².